The van der Waals surface area contributed by atoms with E-state index in [0.717, 1.165) is 51.4 Å². The van der Waals surface area contributed by atoms with Crippen LogP contribution in [0.5, 0.6) is 0 Å². The second-order valence-electron chi connectivity index (χ2n) is 22.4. The van der Waals surface area contributed by atoms with Crippen LogP contribution in [0.3, 0.4) is 0 Å². The summed E-state index contributed by atoms with van der Waals surface area (Å²) >= 11 is 0. The molecule has 0 radical (unpaired) electrons. The average molecular weight is 1050 g/mol. The predicted octanol–water partition coefficient (Wildman–Crippen LogP) is 18.6. The zero-order valence-electron chi connectivity index (χ0n) is 48.8. The molecule has 0 saturated carbocycles. The number of phosphoric acid groups is 1. The quantitative estimate of drug-likeness (QED) is 0.0272. The number of rotatable bonds is 57. The van der Waals surface area contributed by atoms with Crippen LogP contribution >= 0.6 is 7.82 Å². The molecule has 0 aliphatic heterocycles. The molecule has 2 N–H and O–H groups in total. The number of carbonyl (C=O) groups excluding carboxylic acids is 1. The van der Waals surface area contributed by atoms with E-state index in [1.165, 1.54) is 218 Å². The highest BCUT2D eigenvalue weighted by molar-refractivity contribution is 7.45. The van der Waals surface area contributed by atoms with Gasteiger partial charge in [-0.05, 0) is 77.0 Å². The number of hydrogen-bond acceptors (Lipinski definition) is 6. The highest BCUT2D eigenvalue weighted by Crippen LogP contribution is 2.38. The van der Waals surface area contributed by atoms with Crippen molar-refractivity contribution < 1.29 is 32.9 Å². The van der Waals surface area contributed by atoms with Gasteiger partial charge in [0.25, 0.3) is 7.82 Å². The second-order valence-corrected chi connectivity index (χ2v) is 23.8. The Labute approximate surface area is 453 Å². The van der Waals surface area contributed by atoms with E-state index in [1.54, 1.807) is 6.08 Å². The fourth-order valence-electron chi connectivity index (χ4n) is 9.04. The molecule has 8 nitrogen and oxygen atoms in total. The molecule has 0 spiro atoms. The number of quaternary nitrogens is 1. The van der Waals surface area contributed by atoms with E-state index in [-0.39, 0.29) is 12.5 Å². The van der Waals surface area contributed by atoms with Gasteiger partial charge in [-0.3, -0.25) is 9.36 Å². The summed E-state index contributed by atoms with van der Waals surface area (Å²) in [7, 11) is 1.24. The van der Waals surface area contributed by atoms with Gasteiger partial charge < -0.3 is 28.8 Å². The van der Waals surface area contributed by atoms with Crippen LogP contribution in [0.25, 0.3) is 0 Å². The number of nitrogens with one attached hydrogen (secondary N) is 1. The zero-order chi connectivity index (χ0) is 53.5. The van der Waals surface area contributed by atoms with E-state index in [2.05, 4.69) is 67.8 Å². The average Bonchev–Trinajstić information content (AvgIpc) is 3.35. The Balaban J connectivity index is 4.18. The number of hydrogen-bond donors (Lipinski definition) is 2. The first-order chi connectivity index (χ1) is 35.5. The van der Waals surface area contributed by atoms with Crippen LogP contribution in [-0.4, -0.2) is 68.5 Å². The summed E-state index contributed by atoms with van der Waals surface area (Å²) in [5.74, 6) is -0.209. The van der Waals surface area contributed by atoms with Gasteiger partial charge in [-0.1, -0.05) is 267 Å². The van der Waals surface area contributed by atoms with Crippen LogP contribution < -0.4 is 10.2 Å². The molecule has 3 unspecified atom stereocenters. The van der Waals surface area contributed by atoms with E-state index in [0.29, 0.717) is 17.4 Å². The molecule has 0 aliphatic carbocycles. The molecule has 0 aliphatic rings. The molecule has 1 amide bonds. The van der Waals surface area contributed by atoms with Crippen LogP contribution in [0.2, 0.25) is 0 Å². The van der Waals surface area contributed by atoms with Crippen LogP contribution in [-0.2, 0) is 18.4 Å². The molecule has 428 valence electrons. The summed E-state index contributed by atoms with van der Waals surface area (Å²) in [5, 5.41) is 13.9. The molecule has 0 aromatic rings. The van der Waals surface area contributed by atoms with Gasteiger partial charge in [-0.2, -0.15) is 0 Å². The number of aliphatic hydroxyl groups excluding tert-OH is 1. The summed E-state index contributed by atoms with van der Waals surface area (Å²) in [6.45, 7) is 4.64. The monoisotopic (exact) mass is 1040 g/mol. The summed E-state index contributed by atoms with van der Waals surface area (Å²) in [4.78, 5) is 25.5. The third-order valence-electron chi connectivity index (χ3n) is 13.9. The fraction of sp³-hybridized carbons (Fsp3) is 0.828. The van der Waals surface area contributed by atoms with Crippen molar-refractivity contribution in [1.29, 1.82) is 0 Å². The maximum Gasteiger partial charge on any atom is 0.268 e. The minimum absolute atomic E-state index is 0.00947. The Morgan fingerprint density at radius 2 is 0.808 bits per heavy atom. The van der Waals surface area contributed by atoms with E-state index >= 15 is 0 Å². The first-order valence-corrected chi connectivity index (χ1v) is 32.6. The SMILES string of the molecule is CCCCCCC/C=C\C/C=C\CCCCCCCCCCCCCCCCCCCC(=O)NC(COP(=O)([O-])OCC[N+](C)(C)C)C(O)/C=C/CC/C=C/CC/C=C/CCCCCCCCCCCCCC. The Morgan fingerprint density at radius 3 is 1.19 bits per heavy atom. The van der Waals surface area contributed by atoms with Gasteiger partial charge in [0.2, 0.25) is 5.91 Å². The number of likely N-dealkylation sites (N-methyl/N-ethyl adjacent to an activating group) is 1. The Morgan fingerprint density at radius 1 is 0.479 bits per heavy atom. The molecular formula is C64H121N2O6P. The summed E-state index contributed by atoms with van der Waals surface area (Å²) < 4.78 is 23.4. The molecule has 0 bridgehead atoms. The molecule has 0 fully saturated rings. The van der Waals surface area contributed by atoms with Crippen molar-refractivity contribution in [3.05, 3.63) is 60.8 Å². The van der Waals surface area contributed by atoms with Crippen molar-refractivity contribution in [2.45, 2.75) is 302 Å². The lowest BCUT2D eigenvalue weighted by atomic mass is 10.0. The third kappa shape index (κ3) is 57.7. The summed E-state index contributed by atoms with van der Waals surface area (Å²) in [6.07, 6.45) is 74.6. The Hall–Kier alpha value is -1.80. The number of carbonyl (C=O) groups is 1. The largest absolute Gasteiger partial charge is 0.756 e. The van der Waals surface area contributed by atoms with Crippen molar-refractivity contribution in [3.63, 3.8) is 0 Å². The first-order valence-electron chi connectivity index (χ1n) is 31.2. The van der Waals surface area contributed by atoms with Gasteiger partial charge in [0.15, 0.2) is 0 Å². The number of phosphoric ester groups is 1. The molecule has 0 aromatic carbocycles. The van der Waals surface area contributed by atoms with Crippen LogP contribution in [0, 0.1) is 0 Å². The molecule has 73 heavy (non-hydrogen) atoms. The number of allylic oxidation sites excluding steroid dienone is 9. The highest BCUT2D eigenvalue weighted by atomic mass is 31.2. The molecule has 9 heteroatoms. The van der Waals surface area contributed by atoms with Crippen molar-refractivity contribution >= 4 is 13.7 Å². The standard InChI is InChI=1S/C64H121N2O6P/c1-6-8-10-12-14-16-18-20-22-24-26-28-30-31-32-33-34-35-36-38-40-42-44-46-48-50-52-54-56-58-64(68)65-62(61-72-73(69,70)71-60-59-66(3,4)5)63(67)57-55-53-51-49-47-45-43-41-39-37-29-27-25-23-21-19-17-15-13-11-9-7-2/h18,20,24,26,39,41,47,49,55,57,62-63,67H,6-17,19,21-23,25,27-38,40,42-46,48,50-54,56,58-61H2,1-5H3,(H-,65,68,69,70)/b20-18-,26-24-,41-39+,49-47+,57-55+. The van der Waals surface area contributed by atoms with Gasteiger partial charge in [0.05, 0.1) is 39.9 Å². The van der Waals surface area contributed by atoms with Gasteiger partial charge in [-0.25, -0.2) is 0 Å². The normalized spacial score (nSPS) is 14.2. The Kier molecular flexibility index (Phi) is 53.6. The lowest BCUT2D eigenvalue weighted by molar-refractivity contribution is -0.870. The predicted molar refractivity (Wildman–Crippen MR) is 316 cm³/mol. The van der Waals surface area contributed by atoms with E-state index in [4.69, 9.17) is 9.05 Å². The lowest BCUT2D eigenvalue weighted by Crippen LogP contribution is -2.45. The van der Waals surface area contributed by atoms with Crippen LogP contribution in [0.1, 0.15) is 290 Å². The maximum absolute atomic E-state index is 13.0. The summed E-state index contributed by atoms with van der Waals surface area (Å²) in [6, 6.07) is -0.912. The van der Waals surface area contributed by atoms with Crippen LogP contribution in [0.15, 0.2) is 60.8 Å². The number of nitrogens with zero attached hydrogens (tertiary/aromatic N) is 1. The van der Waals surface area contributed by atoms with Gasteiger partial charge in [0, 0.05) is 6.42 Å². The molecule has 0 rings (SSSR count). The minimum atomic E-state index is -4.61. The van der Waals surface area contributed by atoms with E-state index in [9.17, 15) is 19.4 Å². The third-order valence-corrected chi connectivity index (χ3v) is 14.9. The van der Waals surface area contributed by atoms with Crippen molar-refractivity contribution in [3.8, 4) is 0 Å². The smallest absolute Gasteiger partial charge is 0.268 e. The van der Waals surface area contributed by atoms with Crippen LogP contribution in [0.4, 0.5) is 0 Å². The van der Waals surface area contributed by atoms with Crippen molar-refractivity contribution in [2.75, 3.05) is 40.9 Å². The molecular weight excluding hydrogens is 924 g/mol. The van der Waals surface area contributed by atoms with E-state index < -0.39 is 26.6 Å². The van der Waals surface area contributed by atoms with Crippen molar-refractivity contribution in [1.82, 2.24) is 5.32 Å². The van der Waals surface area contributed by atoms with E-state index in [1.807, 2.05) is 27.2 Å². The maximum atomic E-state index is 13.0. The van der Waals surface area contributed by atoms with Gasteiger partial charge in [-0.15, -0.1) is 0 Å². The molecule has 0 saturated heterocycles. The van der Waals surface area contributed by atoms with Gasteiger partial charge in [0.1, 0.15) is 13.2 Å². The van der Waals surface area contributed by atoms with Gasteiger partial charge >= 0.3 is 0 Å². The summed E-state index contributed by atoms with van der Waals surface area (Å²) in [5.41, 5.74) is 0. The minimum Gasteiger partial charge on any atom is -0.756 e. The zero-order valence-corrected chi connectivity index (χ0v) is 49.7. The number of unbranched alkanes of at least 4 members (excludes halogenated alkanes) is 36. The number of amides is 1. The fourth-order valence-corrected chi connectivity index (χ4v) is 9.76. The second kappa shape index (κ2) is 55.0. The molecule has 0 heterocycles. The first kappa shape index (κ1) is 71.2. The molecule has 3 atom stereocenters. The topological polar surface area (TPSA) is 108 Å². The lowest BCUT2D eigenvalue weighted by Gasteiger charge is -2.29. The number of aliphatic hydroxyl groups is 1. The van der Waals surface area contributed by atoms with Crippen molar-refractivity contribution in [2.24, 2.45) is 0 Å². The molecule has 0 aromatic heterocycles. The highest BCUT2D eigenvalue weighted by Gasteiger charge is 2.23. The Bertz CT molecular complexity index is 1370.